The molecule has 0 saturated carbocycles. The Labute approximate surface area is 387 Å². The summed E-state index contributed by atoms with van der Waals surface area (Å²) in [7, 11) is 3.91. The van der Waals surface area contributed by atoms with Crippen molar-refractivity contribution in [2.45, 2.75) is 10.8 Å². The van der Waals surface area contributed by atoms with E-state index >= 15 is 0 Å². The molecule has 4 aromatic heterocycles. The molecule has 4 aromatic carbocycles. The predicted molar refractivity (Wildman–Crippen MR) is 223 cm³/mol. The SMILES string of the molecule is C[N+]1=C=[N+](c2[c-]c(C3(c4cc[n-]n4)c4ccccc4-c4ccncc43)ccc2)C=C1.C[N+]1=C=[N+](c2[c-]c(C3(c4cc[n-]n4)c4ccccc4-c4ccncc43)ccc2)C=C1.[Pt+2].[Pt+2]. The molecule has 0 bridgehead atoms. The minimum absolute atomic E-state index is 0. The first-order valence-corrected chi connectivity index (χ1v) is 19.5. The minimum Gasteiger partial charge on any atom is -0.581 e. The fraction of sp³-hybridized carbons (Fsp3) is 0.0800. The largest absolute Gasteiger partial charge is 2.00 e. The van der Waals surface area contributed by atoms with Gasteiger partial charge in [0, 0.05) is 36.2 Å². The summed E-state index contributed by atoms with van der Waals surface area (Å²) in [6.07, 6.45) is 19.0. The van der Waals surface area contributed by atoms with E-state index in [-0.39, 0.29) is 42.1 Å². The van der Waals surface area contributed by atoms with Gasteiger partial charge < -0.3 is 20.4 Å². The maximum absolute atomic E-state index is 4.53. The van der Waals surface area contributed by atoms with Crippen molar-refractivity contribution >= 4 is 23.4 Å². The van der Waals surface area contributed by atoms with Crippen LogP contribution in [0.25, 0.3) is 22.3 Å². The monoisotopic (exact) mass is 1160 g/mol. The smallest absolute Gasteiger partial charge is 0.581 e. The van der Waals surface area contributed by atoms with E-state index in [1.807, 2.05) is 106 Å². The molecule has 2 unspecified atom stereocenters. The fourth-order valence-corrected chi connectivity index (χ4v) is 9.22. The van der Waals surface area contributed by atoms with Gasteiger partial charge in [0.05, 0.1) is 10.8 Å². The molecule has 300 valence electrons. The summed E-state index contributed by atoms with van der Waals surface area (Å²) < 4.78 is 7.67. The van der Waals surface area contributed by atoms with Gasteiger partial charge in [0.15, 0.2) is 14.1 Å². The van der Waals surface area contributed by atoms with E-state index in [0.29, 0.717) is 0 Å². The van der Waals surface area contributed by atoms with Crippen molar-refractivity contribution in [1.29, 1.82) is 0 Å². The van der Waals surface area contributed by atoms with Gasteiger partial charge in [0.25, 0.3) is 12.4 Å². The maximum atomic E-state index is 4.53. The molecule has 0 radical (unpaired) electrons. The molecular formula is C50H34N10Pt2+4. The molecule has 4 aliphatic rings. The molecule has 6 heterocycles. The fourth-order valence-electron chi connectivity index (χ4n) is 9.22. The average Bonchev–Trinajstić information content (AvgIpc) is 4.17. The number of aromatic nitrogens is 6. The summed E-state index contributed by atoms with van der Waals surface area (Å²) >= 11 is 0. The molecule has 0 N–H and O–H groups in total. The van der Waals surface area contributed by atoms with Crippen LogP contribution in [0.3, 0.4) is 0 Å². The van der Waals surface area contributed by atoms with Crippen LogP contribution in [-0.2, 0) is 53.0 Å². The Morgan fingerprint density at radius 1 is 0.484 bits per heavy atom. The van der Waals surface area contributed by atoms with Crippen molar-refractivity contribution in [1.82, 2.24) is 30.4 Å². The van der Waals surface area contributed by atoms with E-state index in [1.54, 1.807) is 12.4 Å². The van der Waals surface area contributed by atoms with Crippen molar-refractivity contribution in [2.24, 2.45) is 0 Å². The van der Waals surface area contributed by atoms with Gasteiger partial charge in [-0.25, -0.2) is 0 Å². The zero-order chi connectivity index (χ0) is 40.3. The Morgan fingerprint density at radius 2 is 0.919 bits per heavy atom. The van der Waals surface area contributed by atoms with Gasteiger partial charge in [-0.05, 0) is 56.6 Å². The van der Waals surface area contributed by atoms with E-state index < -0.39 is 10.8 Å². The molecule has 0 fully saturated rings. The Balaban J connectivity index is 0.000000153. The second-order valence-electron chi connectivity index (χ2n) is 14.9. The van der Waals surface area contributed by atoms with E-state index in [4.69, 9.17) is 0 Å². The van der Waals surface area contributed by atoms with Gasteiger partial charge in [-0.3, -0.25) is 9.97 Å². The van der Waals surface area contributed by atoms with Gasteiger partial charge in [-0.2, -0.15) is 36.7 Å². The summed E-state index contributed by atoms with van der Waals surface area (Å²) in [5, 5.41) is 17.4. The van der Waals surface area contributed by atoms with Crippen LogP contribution in [0, 0.1) is 12.1 Å². The maximum Gasteiger partial charge on any atom is 2.00 e. The molecule has 2 aliphatic carbocycles. The first kappa shape index (κ1) is 40.6. The summed E-state index contributed by atoms with van der Waals surface area (Å²) in [4.78, 5) is 8.95. The zero-order valence-electron chi connectivity index (χ0n) is 33.3. The summed E-state index contributed by atoms with van der Waals surface area (Å²) in [5.41, 5.74) is 13.6. The number of hydrogen-bond donors (Lipinski definition) is 0. The first-order valence-electron chi connectivity index (χ1n) is 19.5. The normalized spacial score (nSPS) is 18.1. The number of pyridine rings is 2. The van der Waals surface area contributed by atoms with Gasteiger partial charge >= 0.3 is 54.1 Å². The van der Waals surface area contributed by atoms with Crippen molar-refractivity contribution in [3.63, 3.8) is 0 Å². The van der Waals surface area contributed by atoms with Crippen LogP contribution < -0.4 is 10.2 Å². The average molecular weight is 1170 g/mol. The van der Waals surface area contributed by atoms with E-state index in [9.17, 15) is 0 Å². The molecule has 12 heteroatoms. The van der Waals surface area contributed by atoms with Crippen LogP contribution in [-0.4, -0.2) is 64.6 Å². The van der Waals surface area contributed by atoms with Crippen molar-refractivity contribution < 1.29 is 60.4 Å². The third kappa shape index (κ3) is 6.18. The van der Waals surface area contributed by atoms with E-state index in [0.717, 1.165) is 45.0 Å². The molecule has 10 nitrogen and oxygen atoms in total. The molecule has 2 atom stereocenters. The summed E-state index contributed by atoms with van der Waals surface area (Å²) in [5.74, 6) is 0. The van der Waals surface area contributed by atoms with Crippen LogP contribution in [0.1, 0.15) is 44.8 Å². The zero-order valence-corrected chi connectivity index (χ0v) is 37.8. The topological polar surface area (TPSA) is 91.8 Å². The van der Waals surface area contributed by atoms with Gasteiger partial charge in [0.1, 0.15) is 11.4 Å². The number of nitrogens with zero attached hydrogens (tertiary/aromatic N) is 10. The molecule has 2 aliphatic heterocycles. The first-order chi connectivity index (χ1) is 29.6. The summed E-state index contributed by atoms with van der Waals surface area (Å²) in [6.45, 7) is 0. The minimum atomic E-state index is -0.623. The second-order valence-corrected chi connectivity index (χ2v) is 14.9. The predicted octanol–water partition coefficient (Wildman–Crippen LogP) is 7.08. The molecule has 8 aromatic rings. The van der Waals surface area contributed by atoms with Gasteiger partial charge in [-0.1, -0.05) is 91.1 Å². The Kier molecular flexibility index (Phi) is 10.6. The van der Waals surface area contributed by atoms with Gasteiger partial charge in [0.2, 0.25) is 12.4 Å². The third-order valence-electron chi connectivity index (χ3n) is 11.7. The van der Waals surface area contributed by atoms with E-state index in [2.05, 4.69) is 139 Å². The van der Waals surface area contributed by atoms with E-state index in [1.165, 1.54) is 33.4 Å². The molecule has 0 spiro atoms. The molecular weight excluding hydrogens is 1130 g/mol. The number of hydrogen-bond acceptors (Lipinski definition) is 4. The van der Waals surface area contributed by atoms with Crippen LogP contribution in [0.5, 0.6) is 0 Å². The van der Waals surface area contributed by atoms with Gasteiger partial charge in [-0.15, -0.1) is 23.3 Å². The van der Waals surface area contributed by atoms with Crippen molar-refractivity contribution in [2.75, 3.05) is 14.1 Å². The molecule has 0 amide bonds. The molecule has 62 heavy (non-hydrogen) atoms. The number of fused-ring (bicyclic) bond motifs is 6. The van der Waals surface area contributed by atoms with Crippen molar-refractivity contribution in [3.8, 4) is 22.3 Å². The Morgan fingerprint density at radius 3 is 1.32 bits per heavy atom. The van der Waals surface area contributed by atoms with Crippen LogP contribution >= 0.6 is 0 Å². The Hall–Kier alpha value is -6.78. The number of benzene rings is 4. The van der Waals surface area contributed by atoms with Crippen molar-refractivity contribution in [3.05, 3.63) is 228 Å². The number of rotatable bonds is 6. The summed E-state index contributed by atoms with van der Waals surface area (Å²) in [6, 6.07) is 51.3. The third-order valence-corrected chi connectivity index (χ3v) is 11.7. The molecule has 0 saturated heterocycles. The van der Waals surface area contributed by atoms with Crippen LogP contribution in [0.15, 0.2) is 171 Å². The second kappa shape index (κ2) is 16.2. The standard InChI is InChI=1S/2C25H17N5.2Pt/c2*1-29-13-14-30(17-29)19-6-4-5-18(15-19)25(24-10-12-27-28-24)22-8-3-2-7-20(22)21-9-11-26-16-23(21)25;;/h2*2-14,16H,1H3;;/q;;2*+2. The van der Waals surface area contributed by atoms with Crippen LogP contribution in [0.4, 0.5) is 11.4 Å². The van der Waals surface area contributed by atoms with Crippen LogP contribution in [0.2, 0.25) is 0 Å². The Bertz CT molecular complexity index is 2920. The quantitative estimate of drug-likeness (QED) is 0.131. The molecule has 12 rings (SSSR count).